The lowest BCUT2D eigenvalue weighted by atomic mass is 10.1. The molecule has 1 heterocycles. The molecule has 0 aliphatic carbocycles. The lowest BCUT2D eigenvalue weighted by molar-refractivity contribution is -0.153. The van der Waals surface area contributed by atoms with Crippen LogP contribution in [0.1, 0.15) is 50.7 Å². The molecular weight excluding hydrogens is 452 g/mol. The Morgan fingerprint density at radius 3 is 2.21 bits per heavy atom. The lowest BCUT2D eigenvalue weighted by Crippen LogP contribution is -2.39. The monoisotopic (exact) mass is 486 g/mol. The van der Waals surface area contributed by atoms with Crippen LogP contribution in [0.5, 0.6) is 0 Å². The molecule has 0 saturated carbocycles. The quantitative estimate of drug-likeness (QED) is 0.477. The van der Waals surface area contributed by atoms with E-state index in [1.807, 2.05) is 44.2 Å². The molecule has 7 nitrogen and oxygen atoms in total. The van der Waals surface area contributed by atoms with Gasteiger partial charge in [-0.25, -0.2) is 8.42 Å². The first-order valence-corrected chi connectivity index (χ1v) is 13.3. The SMILES string of the molecule is CC(C)N(Cc1ccccc1)C(=O)COC(=O)CCc1ccc(S(=O)(=O)N2CCCCC2)cc1. The van der Waals surface area contributed by atoms with E-state index in [0.717, 1.165) is 30.4 Å². The van der Waals surface area contributed by atoms with E-state index in [-0.39, 0.29) is 29.9 Å². The predicted molar refractivity (Wildman–Crippen MR) is 130 cm³/mol. The van der Waals surface area contributed by atoms with E-state index >= 15 is 0 Å². The fourth-order valence-corrected chi connectivity index (χ4v) is 5.48. The number of aryl methyl sites for hydroxylation is 1. The van der Waals surface area contributed by atoms with Crippen molar-refractivity contribution in [3.8, 4) is 0 Å². The van der Waals surface area contributed by atoms with Gasteiger partial charge in [0.05, 0.1) is 4.90 Å². The lowest BCUT2D eigenvalue weighted by Gasteiger charge is -2.26. The summed E-state index contributed by atoms with van der Waals surface area (Å²) in [5, 5.41) is 0. The number of amides is 1. The van der Waals surface area contributed by atoms with E-state index in [1.165, 1.54) is 4.31 Å². The third kappa shape index (κ3) is 7.14. The smallest absolute Gasteiger partial charge is 0.306 e. The molecule has 2 aromatic rings. The molecule has 8 heteroatoms. The minimum absolute atomic E-state index is 0.0221. The zero-order chi connectivity index (χ0) is 24.6. The minimum Gasteiger partial charge on any atom is -0.456 e. The Kier molecular flexibility index (Phi) is 9.24. The van der Waals surface area contributed by atoms with Gasteiger partial charge in [-0.05, 0) is 56.4 Å². The first kappa shape index (κ1) is 25.9. The number of piperidine rings is 1. The molecule has 1 saturated heterocycles. The van der Waals surface area contributed by atoms with Crippen LogP contribution < -0.4 is 0 Å². The van der Waals surface area contributed by atoms with Crippen LogP contribution in [0.4, 0.5) is 0 Å². The van der Waals surface area contributed by atoms with Crippen LogP contribution >= 0.6 is 0 Å². The van der Waals surface area contributed by atoms with Gasteiger partial charge >= 0.3 is 5.97 Å². The van der Waals surface area contributed by atoms with Gasteiger partial charge in [0.2, 0.25) is 10.0 Å². The largest absolute Gasteiger partial charge is 0.456 e. The van der Waals surface area contributed by atoms with Gasteiger partial charge < -0.3 is 9.64 Å². The second-order valence-electron chi connectivity index (χ2n) is 8.87. The number of hydrogen-bond acceptors (Lipinski definition) is 5. The number of nitrogens with zero attached hydrogens (tertiary/aromatic N) is 2. The third-order valence-corrected chi connectivity index (χ3v) is 7.90. The molecule has 1 aliphatic rings. The van der Waals surface area contributed by atoms with Gasteiger partial charge in [-0.15, -0.1) is 0 Å². The maximum atomic E-state index is 12.7. The van der Waals surface area contributed by atoms with Crippen molar-refractivity contribution < 1.29 is 22.7 Å². The molecule has 184 valence electrons. The van der Waals surface area contributed by atoms with Crippen molar-refractivity contribution in [2.75, 3.05) is 19.7 Å². The Bertz CT molecular complexity index is 1050. The van der Waals surface area contributed by atoms with Crippen molar-refractivity contribution in [2.24, 2.45) is 0 Å². The first-order valence-electron chi connectivity index (χ1n) is 11.9. The summed E-state index contributed by atoms with van der Waals surface area (Å²) in [6.45, 7) is 5.15. The number of benzene rings is 2. The summed E-state index contributed by atoms with van der Waals surface area (Å²) < 4.78 is 32.3. The Labute approximate surface area is 202 Å². The highest BCUT2D eigenvalue weighted by molar-refractivity contribution is 7.89. The van der Waals surface area contributed by atoms with Gasteiger partial charge in [-0.3, -0.25) is 9.59 Å². The Morgan fingerprint density at radius 1 is 0.941 bits per heavy atom. The second-order valence-corrected chi connectivity index (χ2v) is 10.8. The van der Waals surface area contributed by atoms with Crippen molar-refractivity contribution in [1.29, 1.82) is 0 Å². The molecule has 34 heavy (non-hydrogen) atoms. The van der Waals surface area contributed by atoms with Crippen molar-refractivity contribution >= 4 is 21.9 Å². The molecule has 0 spiro atoms. The van der Waals surface area contributed by atoms with Crippen LogP contribution in [0, 0.1) is 0 Å². The summed E-state index contributed by atoms with van der Waals surface area (Å²) in [5.74, 6) is -0.693. The average molecular weight is 487 g/mol. The van der Waals surface area contributed by atoms with Crippen molar-refractivity contribution in [1.82, 2.24) is 9.21 Å². The van der Waals surface area contributed by atoms with E-state index in [1.54, 1.807) is 29.2 Å². The van der Waals surface area contributed by atoms with Gasteiger partial charge in [0, 0.05) is 32.1 Å². The van der Waals surface area contributed by atoms with E-state index in [0.29, 0.717) is 26.1 Å². The Hall–Kier alpha value is -2.71. The summed E-state index contributed by atoms with van der Waals surface area (Å²) in [6, 6.07) is 16.3. The fourth-order valence-electron chi connectivity index (χ4n) is 3.96. The van der Waals surface area contributed by atoms with E-state index in [4.69, 9.17) is 4.74 Å². The highest BCUT2D eigenvalue weighted by Gasteiger charge is 2.25. The molecule has 0 unspecified atom stereocenters. The summed E-state index contributed by atoms with van der Waals surface area (Å²) in [6.07, 6.45) is 3.38. The maximum absolute atomic E-state index is 12.7. The van der Waals surface area contributed by atoms with Gasteiger partial charge in [0.1, 0.15) is 0 Å². The van der Waals surface area contributed by atoms with Gasteiger partial charge in [-0.2, -0.15) is 4.31 Å². The number of esters is 1. The van der Waals surface area contributed by atoms with Crippen LogP contribution in [0.3, 0.4) is 0 Å². The topological polar surface area (TPSA) is 84.0 Å². The van der Waals surface area contributed by atoms with Crippen LogP contribution in [0.15, 0.2) is 59.5 Å². The van der Waals surface area contributed by atoms with E-state index < -0.39 is 16.0 Å². The van der Waals surface area contributed by atoms with Crippen LogP contribution in [0.25, 0.3) is 0 Å². The molecule has 0 N–H and O–H groups in total. The molecule has 1 fully saturated rings. The minimum atomic E-state index is -3.47. The number of carbonyl (C=O) groups excluding carboxylic acids is 2. The van der Waals surface area contributed by atoms with Crippen LogP contribution in [-0.2, 0) is 37.3 Å². The van der Waals surface area contributed by atoms with Gasteiger partial charge in [0.15, 0.2) is 6.61 Å². The number of sulfonamides is 1. The molecular formula is C26H34N2O5S. The molecule has 0 radical (unpaired) electrons. The number of carbonyl (C=O) groups is 2. The highest BCUT2D eigenvalue weighted by atomic mass is 32.2. The third-order valence-electron chi connectivity index (χ3n) is 5.99. The molecule has 0 atom stereocenters. The van der Waals surface area contributed by atoms with E-state index in [9.17, 15) is 18.0 Å². The zero-order valence-corrected chi connectivity index (χ0v) is 20.8. The van der Waals surface area contributed by atoms with Crippen LogP contribution in [0.2, 0.25) is 0 Å². The Morgan fingerprint density at radius 2 is 1.59 bits per heavy atom. The summed E-state index contributed by atoms with van der Waals surface area (Å²) in [5.41, 5.74) is 1.86. The van der Waals surface area contributed by atoms with Crippen LogP contribution in [-0.4, -0.2) is 55.2 Å². The van der Waals surface area contributed by atoms with Crippen molar-refractivity contribution in [2.45, 2.75) is 63.4 Å². The predicted octanol–water partition coefficient (Wildman–Crippen LogP) is 3.77. The summed E-state index contributed by atoms with van der Waals surface area (Å²) in [4.78, 5) is 26.8. The zero-order valence-electron chi connectivity index (χ0n) is 20.0. The number of hydrogen-bond donors (Lipinski definition) is 0. The fraction of sp³-hybridized carbons (Fsp3) is 0.462. The van der Waals surface area contributed by atoms with E-state index in [2.05, 4.69) is 0 Å². The molecule has 3 rings (SSSR count). The second kappa shape index (κ2) is 12.1. The standard InChI is InChI=1S/C26H34N2O5S/c1-21(2)28(19-23-9-5-3-6-10-23)25(29)20-33-26(30)16-13-22-11-14-24(15-12-22)34(31,32)27-17-7-4-8-18-27/h3,5-6,9-12,14-15,21H,4,7-8,13,16-20H2,1-2H3. The maximum Gasteiger partial charge on any atom is 0.306 e. The normalized spacial score (nSPS) is 14.7. The average Bonchev–Trinajstić information content (AvgIpc) is 2.85. The summed E-state index contributed by atoms with van der Waals surface area (Å²) in [7, 11) is -3.47. The number of ether oxygens (including phenoxy) is 1. The molecule has 1 aliphatic heterocycles. The van der Waals surface area contributed by atoms with Crippen molar-refractivity contribution in [3.63, 3.8) is 0 Å². The Balaban J connectivity index is 1.47. The van der Waals surface area contributed by atoms with Gasteiger partial charge in [0.25, 0.3) is 5.91 Å². The first-order chi connectivity index (χ1) is 16.3. The summed E-state index contributed by atoms with van der Waals surface area (Å²) >= 11 is 0. The number of rotatable bonds is 10. The van der Waals surface area contributed by atoms with Crippen molar-refractivity contribution in [3.05, 3.63) is 65.7 Å². The molecule has 2 aromatic carbocycles. The molecule has 0 aromatic heterocycles. The molecule has 0 bridgehead atoms. The van der Waals surface area contributed by atoms with Gasteiger partial charge in [-0.1, -0.05) is 48.9 Å². The molecule has 1 amide bonds. The highest BCUT2D eigenvalue weighted by Crippen LogP contribution is 2.21.